The molecule has 2 aromatic heterocycles. The molecule has 1 fully saturated rings. The number of carbonyl (C=O) groups is 1. The fraction of sp³-hybridized carbons (Fsp3) is 0.385. The van der Waals surface area contributed by atoms with Gasteiger partial charge in [-0.15, -0.1) is 0 Å². The van der Waals surface area contributed by atoms with E-state index in [4.69, 9.17) is 37.7 Å². The minimum Gasteiger partial charge on any atom is -0.497 e. The third kappa shape index (κ3) is 11.9. The van der Waals surface area contributed by atoms with Crippen LogP contribution in [0.25, 0.3) is 11.2 Å². The number of amides is 1. The van der Waals surface area contributed by atoms with E-state index in [1.807, 2.05) is 137 Å². The van der Waals surface area contributed by atoms with Gasteiger partial charge < -0.3 is 42.5 Å². The Kier molecular flexibility index (Phi) is 17.6. The highest BCUT2D eigenvalue weighted by atomic mass is 31.2. The Balaban J connectivity index is 1.43. The quantitative estimate of drug-likeness (QED) is 0.0224. The Bertz CT molecular complexity index is 2730. The standard InChI is InChI=1S/C52H62N9O9P/c1-35(2)61(36(3)4)71(68-30-16-29-53)70-46-43(32-67-52(38-19-14-11-15-20-38,39-21-25-41(64-8)26-22-39)40-23-27-42(65-9)28-24-40)69-49(45(46)59(7)51(63)66-31-37-17-12-10-13-18-37)60-34-54-44-47(60)56-50(57-48(44)62)55-33-58(5)6/h10-15,17-28,33-36,43,45-46,49H,16,30-32H2,1-9H3,(H,56,57,62)/b55-33+/t43-,45-,46-,49-,71?/m1/s1. The van der Waals surface area contributed by atoms with E-state index in [1.54, 1.807) is 44.8 Å². The van der Waals surface area contributed by atoms with Crippen LogP contribution >= 0.6 is 8.53 Å². The lowest BCUT2D eigenvalue weighted by molar-refractivity contribution is -0.0919. The van der Waals surface area contributed by atoms with E-state index in [0.717, 1.165) is 22.3 Å². The van der Waals surface area contributed by atoms with Crippen molar-refractivity contribution in [1.82, 2.24) is 34.0 Å². The number of hydrogen-bond donors (Lipinski definition) is 1. The molecule has 7 rings (SSSR count). The first kappa shape index (κ1) is 52.1. The third-order valence-corrected chi connectivity index (χ3v) is 14.0. The fourth-order valence-electron chi connectivity index (χ4n) is 8.58. The van der Waals surface area contributed by atoms with Crippen molar-refractivity contribution < 1.29 is 37.5 Å². The summed E-state index contributed by atoms with van der Waals surface area (Å²) in [7, 11) is 6.48. The highest BCUT2D eigenvalue weighted by Crippen LogP contribution is 2.52. The molecule has 1 unspecified atom stereocenters. The van der Waals surface area contributed by atoms with Gasteiger partial charge >= 0.3 is 6.09 Å². The van der Waals surface area contributed by atoms with Gasteiger partial charge in [0.1, 0.15) is 42.0 Å². The first-order chi connectivity index (χ1) is 34.3. The lowest BCUT2D eigenvalue weighted by atomic mass is 9.80. The van der Waals surface area contributed by atoms with Crippen LogP contribution in [0.4, 0.5) is 10.7 Å². The van der Waals surface area contributed by atoms with Gasteiger partial charge in [0.25, 0.3) is 14.1 Å². The average molecular weight is 988 g/mol. The SMILES string of the molecule is COc1ccc(C(OC[C@H]2O[C@@H](n3cnc4c(=O)[nH]c(/N=C/N(C)C)nc43)[C@H](N(C)C(=O)OCc3ccccc3)[C@@H]2OP(OCCC#N)N(C(C)C)C(C)C)(c2ccccc2)c2ccc(OC)cc2)cc1. The number of hydrogen-bond acceptors (Lipinski definition) is 14. The number of ether oxygens (including phenoxy) is 5. The van der Waals surface area contributed by atoms with E-state index in [2.05, 4.69) is 25.7 Å². The number of H-pyrrole nitrogens is 1. The second-order valence-electron chi connectivity index (χ2n) is 17.6. The Morgan fingerprint density at radius 2 is 1.49 bits per heavy atom. The van der Waals surface area contributed by atoms with E-state index in [9.17, 15) is 14.9 Å². The molecular weight excluding hydrogens is 926 g/mol. The van der Waals surface area contributed by atoms with Crippen molar-refractivity contribution in [2.75, 3.05) is 48.6 Å². The molecule has 6 aromatic rings. The van der Waals surface area contributed by atoms with Crippen molar-refractivity contribution >= 4 is 38.1 Å². The number of fused-ring (bicyclic) bond motifs is 1. The van der Waals surface area contributed by atoms with Gasteiger partial charge in [-0.05, 0) is 74.2 Å². The van der Waals surface area contributed by atoms with Crippen molar-refractivity contribution in [1.29, 1.82) is 5.26 Å². The molecule has 1 aliphatic heterocycles. The highest BCUT2D eigenvalue weighted by molar-refractivity contribution is 7.44. The second-order valence-corrected chi connectivity index (χ2v) is 19.0. The van der Waals surface area contributed by atoms with E-state index in [0.29, 0.717) is 11.5 Å². The molecular formula is C52H62N9O9P. The maximum Gasteiger partial charge on any atom is 0.410 e. The predicted octanol–water partition coefficient (Wildman–Crippen LogP) is 8.56. The lowest BCUT2D eigenvalue weighted by Crippen LogP contribution is -2.50. The zero-order chi connectivity index (χ0) is 50.7. The molecule has 374 valence electrons. The van der Waals surface area contributed by atoms with Gasteiger partial charge in [0.2, 0.25) is 5.95 Å². The van der Waals surface area contributed by atoms with Gasteiger partial charge in [-0.25, -0.2) is 19.4 Å². The number of carbonyl (C=O) groups excluding carboxylic acids is 1. The van der Waals surface area contributed by atoms with Gasteiger partial charge in [-0.2, -0.15) is 10.2 Å². The number of aromatic nitrogens is 4. The van der Waals surface area contributed by atoms with Gasteiger partial charge in [-0.1, -0.05) is 84.9 Å². The smallest absolute Gasteiger partial charge is 0.410 e. The summed E-state index contributed by atoms with van der Waals surface area (Å²) in [5.74, 6) is 1.35. The molecule has 0 saturated carbocycles. The molecule has 0 radical (unpaired) electrons. The molecule has 1 aliphatic rings. The number of methoxy groups -OCH3 is 2. The number of nitriles is 1. The topological polar surface area (TPSA) is 191 Å². The first-order valence-electron chi connectivity index (χ1n) is 23.3. The number of aromatic amines is 1. The summed E-state index contributed by atoms with van der Waals surface area (Å²) in [6.07, 6.45) is -0.731. The van der Waals surface area contributed by atoms with Gasteiger partial charge in [0.05, 0.1) is 52.6 Å². The van der Waals surface area contributed by atoms with Crippen molar-refractivity contribution in [2.24, 2.45) is 4.99 Å². The second kappa shape index (κ2) is 23.9. The molecule has 18 nitrogen and oxygen atoms in total. The summed E-state index contributed by atoms with van der Waals surface area (Å²) in [4.78, 5) is 47.7. The Morgan fingerprint density at radius 1 is 0.901 bits per heavy atom. The summed E-state index contributed by atoms with van der Waals surface area (Å²) in [6, 6.07) is 35.6. The number of nitrogens with zero attached hydrogens (tertiary/aromatic N) is 8. The molecule has 1 saturated heterocycles. The van der Waals surface area contributed by atoms with Crippen LogP contribution in [0.5, 0.6) is 11.5 Å². The summed E-state index contributed by atoms with van der Waals surface area (Å²) in [5.41, 5.74) is 1.52. The summed E-state index contributed by atoms with van der Waals surface area (Å²) in [5, 5.41) is 9.65. The van der Waals surface area contributed by atoms with Crippen LogP contribution in [0.2, 0.25) is 0 Å². The minimum absolute atomic E-state index is 0.0136. The van der Waals surface area contributed by atoms with Crippen molar-refractivity contribution in [3.05, 3.63) is 148 Å². The van der Waals surface area contributed by atoms with Crippen molar-refractivity contribution in [2.45, 2.75) is 82.9 Å². The molecule has 4 aromatic carbocycles. The predicted molar refractivity (Wildman–Crippen MR) is 270 cm³/mol. The number of aliphatic imine (C=N–C) groups is 1. The van der Waals surface area contributed by atoms with Crippen molar-refractivity contribution in [3.8, 4) is 17.6 Å². The summed E-state index contributed by atoms with van der Waals surface area (Å²) < 4.78 is 49.5. The molecule has 0 bridgehead atoms. The maximum atomic E-state index is 14.6. The van der Waals surface area contributed by atoms with Crippen LogP contribution in [0.3, 0.4) is 0 Å². The van der Waals surface area contributed by atoms with E-state index < -0.39 is 50.3 Å². The van der Waals surface area contributed by atoms with Crippen LogP contribution in [-0.4, -0.2) is 125 Å². The zero-order valence-corrected chi connectivity index (χ0v) is 42.4. The van der Waals surface area contributed by atoms with Crippen LogP contribution in [-0.2, 0) is 35.5 Å². The monoisotopic (exact) mass is 987 g/mol. The lowest BCUT2D eigenvalue weighted by Gasteiger charge is -2.40. The number of imidazole rings is 1. The number of nitrogens with one attached hydrogen (secondary N) is 1. The third-order valence-electron chi connectivity index (χ3n) is 11.9. The largest absolute Gasteiger partial charge is 0.497 e. The highest BCUT2D eigenvalue weighted by Gasteiger charge is 2.54. The molecule has 1 amide bonds. The minimum atomic E-state index is -1.96. The van der Waals surface area contributed by atoms with Gasteiger partial charge in [0, 0.05) is 33.2 Å². The Labute approximate surface area is 415 Å². The molecule has 0 aliphatic carbocycles. The molecule has 71 heavy (non-hydrogen) atoms. The molecule has 1 N–H and O–H groups in total. The molecule has 0 spiro atoms. The van der Waals surface area contributed by atoms with E-state index in [-0.39, 0.29) is 55.4 Å². The van der Waals surface area contributed by atoms with Crippen LogP contribution < -0.4 is 15.0 Å². The van der Waals surface area contributed by atoms with Gasteiger partial charge in [-0.3, -0.25) is 14.3 Å². The molecule has 5 atom stereocenters. The fourth-order valence-corrected chi connectivity index (χ4v) is 10.4. The Morgan fingerprint density at radius 3 is 2.06 bits per heavy atom. The summed E-state index contributed by atoms with van der Waals surface area (Å²) >= 11 is 0. The normalized spacial score (nSPS) is 17.5. The summed E-state index contributed by atoms with van der Waals surface area (Å²) in [6.45, 7) is 8.10. The molecule has 19 heteroatoms. The molecule has 3 heterocycles. The zero-order valence-electron chi connectivity index (χ0n) is 41.5. The van der Waals surface area contributed by atoms with E-state index >= 15 is 0 Å². The van der Waals surface area contributed by atoms with Gasteiger partial charge in [0.15, 0.2) is 17.4 Å². The Hall–Kier alpha value is -6.71. The van der Waals surface area contributed by atoms with Crippen LogP contribution in [0.1, 0.15) is 62.6 Å². The number of rotatable bonds is 22. The number of likely N-dealkylation sites (N-methyl/N-ethyl adjacent to an activating group) is 1. The van der Waals surface area contributed by atoms with Crippen LogP contribution in [0, 0.1) is 11.3 Å². The maximum absolute atomic E-state index is 14.6. The first-order valence-corrected chi connectivity index (χ1v) is 24.4. The average Bonchev–Trinajstić information content (AvgIpc) is 3.97. The van der Waals surface area contributed by atoms with Crippen molar-refractivity contribution in [3.63, 3.8) is 0 Å². The van der Waals surface area contributed by atoms with Crippen LogP contribution in [0.15, 0.2) is 125 Å². The van der Waals surface area contributed by atoms with E-state index in [1.165, 1.54) is 17.6 Å². The number of benzene rings is 4.